The number of ketones is 1. The smallest absolute Gasteiger partial charge is 0.254 e. The van der Waals surface area contributed by atoms with E-state index in [1.807, 2.05) is 80.6 Å². The molecule has 40 heavy (non-hydrogen) atoms. The molecule has 0 aromatic heterocycles. The zero-order valence-corrected chi connectivity index (χ0v) is 23.5. The number of allylic oxidation sites excluding steroid dienone is 3. The van der Waals surface area contributed by atoms with Crippen molar-refractivity contribution in [3.05, 3.63) is 106 Å². The molecule has 1 aliphatic heterocycles. The van der Waals surface area contributed by atoms with Gasteiger partial charge in [0.05, 0.1) is 21.3 Å². The fraction of sp³-hybridized carbons (Fsp3) is 0.273. The summed E-state index contributed by atoms with van der Waals surface area (Å²) in [5.74, 6) is 1.13. The second kappa shape index (κ2) is 11.3. The van der Waals surface area contributed by atoms with Gasteiger partial charge in [-0.15, -0.1) is 0 Å². The molecule has 3 aromatic rings. The maximum atomic E-state index is 14.0. The summed E-state index contributed by atoms with van der Waals surface area (Å²) >= 11 is 0. The molecule has 2 aliphatic rings. The number of para-hydroxylation sites is 1. The fourth-order valence-electron chi connectivity index (χ4n) is 5.74. The first-order valence-electron chi connectivity index (χ1n) is 13.3. The minimum absolute atomic E-state index is 0.00930. The van der Waals surface area contributed by atoms with Crippen LogP contribution in [0.15, 0.2) is 89.3 Å². The van der Waals surface area contributed by atoms with Crippen LogP contribution in [0.3, 0.4) is 0 Å². The molecule has 1 amide bonds. The lowest BCUT2D eigenvalue weighted by molar-refractivity contribution is -0.116. The van der Waals surface area contributed by atoms with Crippen LogP contribution in [0.1, 0.15) is 48.3 Å². The molecule has 1 aliphatic carbocycles. The van der Waals surface area contributed by atoms with Crippen LogP contribution >= 0.6 is 0 Å². The molecule has 0 saturated carbocycles. The Morgan fingerprint density at radius 1 is 0.850 bits per heavy atom. The quantitative estimate of drug-likeness (QED) is 0.383. The standard InChI is InChI=1S/C33H34N2O5/c1-19-9-6-7-12-25(19)35-33(37)30-20(2)34-26-16-23(21-13-14-28(39-4)29(18-21)40-5)17-27(36)32(26)31(30)22-10-8-11-24(15-22)38-3/h6-15,18,23,31,34H,16-17H2,1-5H3,(H,35,37). The van der Waals surface area contributed by atoms with E-state index < -0.39 is 5.92 Å². The number of hydrogen-bond donors (Lipinski definition) is 2. The Hall–Kier alpha value is -4.52. The summed E-state index contributed by atoms with van der Waals surface area (Å²) < 4.78 is 16.4. The number of rotatable bonds is 7. The van der Waals surface area contributed by atoms with Crippen LogP contribution in [0.25, 0.3) is 0 Å². The summed E-state index contributed by atoms with van der Waals surface area (Å²) in [5, 5.41) is 6.53. The summed E-state index contributed by atoms with van der Waals surface area (Å²) in [5.41, 5.74) is 6.25. The molecule has 2 atom stereocenters. The number of Topliss-reactive ketones (excluding diaryl/α,β-unsaturated/α-hetero) is 1. The summed E-state index contributed by atoms with van der Waals surface area (Å²) in [6.07, 6.45) is 0.948. The number of ether oxygens (including phenoxy) is 3. The Bertz CT molecular complexity index is 1540. The summed E-state index contributed by atoms with van der Waals surface area (Å²) in [6.45, 7) is 3.85. The van der Waals surface area contributed by atoms with Gasteiger partial charge in [-0.2, -0.15) is 0 Å². The molecule has 206 valence electrons. The second-order valence-corrected chi connectivity index (χ2v) is 10.2. The number of hydrogen-bond acceptors (Lipinski definition) is 6. The van der Waals surface area contributed by atoms with Crippen LogP contribution in [0.4, 0.5) is 5.69 Å². The third-order valence-electron chi connectivity index (χ3n) is 7.77. The second-order valence-electron chi connectivity index (χ2n) is 10.2. The molecule has 3 aromatic carbocycles. The highest BCUT2D eigenvalue weighted by Gasteiger charge is 2.41. The molecule has 0 fully saturated rings. The van der Waals surface area contributed by atoms with Gasteiger partial charge in [0.15, 0.2) is 17.3 Å². The van der Waals surface area contributed by atoms with Crippen LogP contribution in [0.2, 0.25) is 0 Å². The average Bonchev–Trinajstić information content (AvgIpc) is 2.97. The highest BCUT2D eigenvalue weighted by Crippen LogP contribution is 2.47. The lowest BCUT2D eigenvalue weighted by Gasteiger charge is -2.37. The minimum Gasteiger partial charge on any atom is -0.497 e. The number of aryl methyl sites for hydroxylation is 1. The molecular formula is C33H34N2O5. The molecule has 0 bridgehead atoms. The Morgan fingerprint density at radius 3 is 2.35 bits per heavy atom. The minimum atomic E-state index is -0.533. The van der Waals surface area contributed by atoms with Gasteiger partial charge < -0.3 is 24.8 Å². The van der Waals surface area contributed by atoms with Gasteiger partial charge in [0, 0.05) is 40.6 Å². The van der Waals surface area contributed by atoms with Crippen molar-refractivity contribution in [2.24, 2.45) is 0 Å². The van der Waals surface area contributed by atoms with Gasteiger partial charge in [0.2, 0.25) is 0 Å². The van der Waals surface area contributed by atoms with Crippen LogP contribution in [-0.2, 0) is 9.59 Å². The maximum absolute atomic E-state index is 14.0. The van der Waals surface area contributed by atoms with E-state index >= 15 is 0 Å². The molecular weight excluding hydrogens is 504 g/mol. The number of dihydropyridines is 1. The molecule has 0 radical (unpaired) electrons. The predicted octanol–water partition coefficient (Wildman–Crippen LogP) is 6.02. The highest BCUT2D eigenvalue weighted by molar-refractivity contribution is 6.10. The molecule has 2 unspecified atom stereocenters. The molecule has 7 heteroatoms. The number of nitrogens with one attached hydrogen (secondary N) is 2. The molecule has 2 N–H and O–H groups in total. The fourth-order valence-corrected chi connectivity index (χ4v) is 5.74. The SMILES string of the molecule is COc1cccc(C2C(C(=O)Nc3ccccc3C)=C(C)NC3=C2C(=O)CC(c2ccc(OC)c(OC)c2)C3)c1. The third-order valence-corrected chi connectivity index (χ3v) is 7.77. The highest BCUT2D eigenvalue weighted by atomic mass is 16.5. The number of benzene rings is 3. The van der Waals surface area contributed by atoms with Crippen molar-refractivity contribution >= 4 is 17.4 Å². The topological polar surface area (TPSA) is 85.9 Å². The Labute approximate surface area is 234 Å². The average molecular weight is 539 g/mol. The van der Waals surface area contributed by atoms with Gasteiger partial charge >= 0.3 is 0 Å². The summed E-state index contributed by atoms with van der Waals surface area (Å²) in [7, 11) is 4.82. The first kappa shape index (κ1) is 27.1. The summed E-state index contributed by atoms with van der Waals surface area (Å²) in [6, 6.07) is 21.1. The van der Waals surface area contributed by atoms with Crippen molar-refractivity contribution in [1.29, 1.82) is 0 Å². The zero-order valence-electron chi connectivity index (χ0n) is 23.5. The van der Waals surface area contributed by atoms with E-state index in [1.165, 1.54) is 0 Å². The Balaban J connectivity index is 1.56. The summed E-state index contributed by atoms with van der Waals surface area (Å²) in [4.78, 5) is 27.8. The molecule has 5 rings (SSSR count). The first-order valence-corrected chi connectivity index (χ1v) is 13.3. The van der Waals surface area contributed by atoms with E-state index in [-0.39, 0.29) is 17.6 Å². The zero-order chi connectivity index (χ0) is 28.4. The number of amides is 1. The Morgan fingerprint density at radius 2 is 1.62 bits per heavy atom. The molecule has 0 spiro atoms. The van der Waals surface area contributed by atoms with Crippen LogP contribution in [0.5, 0.6) is 17.2 Å². The number of anilines is 1. The van der Waals surface area contributed by atoms with Gasteiger partial charge in [-0.3, -0.25) is 9.59 Å². The van der Waals surface area contributed by atoms with E-state index in [0.717, 1.165) is 33.8 Å². The molecule has 1 heterocycles. The first-order chi connectivity index (χ1) is 19.3. The van der Waals surface area contributed by atoms with Crippen LogP contribution in [0, 0.1) is 6.92 Å². The van der Waals surface area contributed by atoms with E-state index in [2.05, 4.69) is 10.6 Å². The van der Waals surface area contributed by atoms with Gasteiger partial charge in [0.25, 0.3) is 5.91 Å². The van der Waals surface area contributed by atoms with Crippen LogP contribution < -0.4 is 24.8 Å². The maximum Gasteiger partial charge on any atom is 0.254 e. The van der Waals surface area contributed by atoms with E-state index in [0.29, 0.717) is 41.2 Å². The van der Waals surface area contributed by atoms with Crippen molar-refractivity contribution in [1.82, 2.24) is 5.32 Å². The van der Waals surface area contributed by atoms with E-state index in [9.17, 15) is 9.59 Å². The van der Waals surface area contributed by atoms with Gasteiger partial charge in [-0.25, -0.2) is 0 Å². The lowest BCUT2D eigenvalue weighted by atomic mass is 9.71. The van der Waals surface area contributed by atoms with Crippen molar-refractivity contribution in [2.75, 3.05) is 26.6 Å². The molecule has 7 nitrogen and oxygen atoms in total. The lowest BCUT2D eigenvalue weighted by Crippen LogP contribution is -2.37. The largest absolute Gasteiger partial charge is 0.497 e. The van der Waals surface area contributed by atoms with Crippen LogP contribution in [-0.4, -0.2) is 33.0 Å². The monoisotopic (exact) mass is 538 g/mol. The van der Waals surface area contributed by atoms with Crippen molar-refractivity contribution < 1.29 is 23.8 Å². The normalized spacial score (nSPS) is 18.6. The number of methoxy groups -OCH3 is 3. The number of carbonyl (C=O) groups excluding carboxylic acids is 2. The van der Waals surface area contributed by atoms with Crippen molar-refractivity contribution in [3.8, 4) is 17.2 Å². The van der Waals surface area contributed by atoms with Gasteiger partial charge in [0.1, 0.15) is 5.75 Å². The van der Waals surface area contributed by atoms with E-state index in [4.69, 9.17) is 14.2 Å². The number of carbonyl (C=O) groups is 2. The van der Waals surface area contributed by atoms with Crippen molar-refractivity contribution in [3.63, 3.8) is 0 Å². The molecule has 0 saturated heterocycles. The Kier molecular flexibility index (Phi) is 7.65. The van der Waals surface area contributed by atoms with E-state index in [1.54, 1.807) is 21.3 Å². The van der Waals surface area contributed by atoms with Crippen molar-refractivity contribution in [2.45, 2.75) is 38.5 Å². The third kappa shape index (κ3) is 5.07. The van der Waals surface area contributed by atoms with Gasteiger partial charge in [-0.1, -0.05) is 36.4 Å². The predicted molar refractivity (Wildman–Crippen MR) is 155 cm³/mol. The van der Waals surface area contributed by atoms with Gasteiger partial charge in [-0.05, 0) is 73.2 Å².